The molecule has 0 aliphatic heterocycles. The van der Waals surface area contributed by atoms with E-state index in [-0.39, 0.29) is 5.84 Å². The number of amidine groups is 1. The normalized spacial score (nSPS) is 9.55. The Kier molecular flexibility index (Phi) is 2.87. The van der Waals surface area contributed by atoms with Crippen LogP contribution in [0.3, 0.4) is 0 Å². The zero-order valence-electron chi connectivity index (χ0n) is 5.97. The minimum absolute atomic E-state index is 0.217. The highest BCUT2D eigenvalue weighted by Crippen LogP contribution is 2.11. The summed E-state index contributed by atoms with van der Waals surface area (Å²) in [5.41, 5.74) is 6.40. The molecule has 0 spiro atoms. The summed E-state index contributed by atoms with van der Waals surface area (Å²) in [5.74, 6) is 0.217. The quantitative estimate of drug-likeness (QED) is 0.475. The topological polar surface area (TPSA) is 49.9 Å². The van der Waals surface area contributed by atoms with Gasteiger partial charge in [0.15, 0.2) is 0 Å². The van der Waals surface area contributed by atoms with E-state index in [4.69, 9.17) is 11.1 Å². The molecule has 3 N–H and O–H groups in total. The van der Waals surface area contributed by atoms with Crippen molar-refractivity contribution in [2.24, 2.45) is 5.73 Å². The van der Waals surface area contributed by atoms with E-state index in [0.717, 1.165) is 5.56 Å². The van der Waals surface area contributed by atoms with Crippen LogP contribution in [0.4, 0.5) is 0 Å². The average molecular weight is 260 g/mol. The van der Waals surface area contributed by atoms with Crippen LogP contribution >= 0.6 is 22.6 Å². The first kappa shape index (κ1) is 8.52. The second-order valence-corrected chi connectivity index (χ2v) is 3.46. The summed E-state index contributed by atoms with van der Waals surface area (Å²) < 4.78 is 1.17. The van der Waals surface area contributed by atoms with Gasteiger partial charge < -0.3 is 5.73 Å². The first-order valence-electron chi connectivity index (χ1n) is 3.26. The third-order valence-corrected chi connectivity index (χ3v) is 2.39. The molecule has 0 aliphatic carbocycles. The largest absolute Gasteiger partial charge is 0.387 e. The maximum atomic E-state index is 7.10. The lowest BCUT2D eigenvalue weighted by molar-refractivity contribution is 1.23. The fraction of sp³-hybridized carbons (Fsp3) is 0.125. The van der Waals surface area contributed by atoms with Gasteiger partial charge in [-0.15, -0.1) is 0 Å². The lowest BCUT2D eigenvalue weighted by Gasteiger charge is -2.00. The molecule has 0 saturated heterocycles. The molecule has 1 aromatic carbocycles. The summed E-state index contributed by atoms with van der Waals surface area (Å²) in [4.78, 5) is 0. The van der Waals surface area contributed by atoms with Gasteiger partial charge in [-0.05, 0) is 34.2 Å². The molecule has 0 bridgehead atoms. The molecule has 0 radical (unpaired) electrons. The van der Waals surface area contributed by atoms with Gasteiger partial charge in [-0.25, -0.2) is 0 Å². The van der Waals surface area contributed by atoms with Gasteiger partial charge in [0.2, 0.25) is 0 Å². The molecule has 2 nitrogen and oxygen atoms in total. The molecule has 1 rings (SSSR count). The second-order valence-electron chi connectivity index (χ2n) is 2.29. The summed E-state index contributed by atoms with van der Waals surface area (Å²) in [5, 5.41) is 7.10. The number of hydrogen-bond acceptors (Lipinski definition) is 1. The molecule has 0 aromatic heterocycles. The fourth-order valence-electron chi connectivity index (χ4n) is 0.847. The van der Waals surface area contributed by atoms with Crippen LogP contribution in [-0.2, 0) is 6.42 Å². The molecule has 3 heteroatoms. The first-order valence-corrected chi connectivity index (χ1v) is 4.34. The Hall–Kier alpha value is -0.580. The standard InChI is InChI=1S/C8H9IN2/c9-7-4-2-1-3-6(7)5-8(10)11/h1-4H,5H2,(H3,10,11). The van der Waals surface area contributed by atoms with E-state index >= 15 is 0 Å². The van der Waals surface area contributed by atoms with Crippen LogP contribution in [0.25, 0.3) is 0 Å². The number of hydrogen-bond donors (Lipinski definition) is 2. The molecule has 0 amide bonds. The van der Waals surface area contributed by atoms with Crippen LogP contribution in [-0.4, -0.2) is 5.84 Å². The summed E-state index contributed by atoms with van der Waals surface area (Å²) in [6.07, 6.45) is 0.555. The Morgan fingerprint density at radius 2 is 2.09 bits per heavy atom. The summed E-state index contributed by atoms with van der Waals surface area (Å²) in [6, 6.07) is 7.94. The Morgan fingerprint density at radius 1 is 1.45 bits per heavy atom. The van der Waals surface area contributed by atoms with E-state index in [2.05, 4.69) is 22.6 Å². The molecule has 0 fully saturated rings. The molecule has 0 unspecified atom stereocenters. The Labute approximate surface area is 79.4 Å². The molecular weight excluding hydrogens is 251 g/mol. The highest BCUT2D eigenvalue weighted by atomic mass is 127. The van der Waals surface area contributed by atoms with Gasteiger partial charge >= 0.3 is 0 Å². The van der Waals surface area contributed by atoms with Gasteiger partial charge in [0, 0.05) is 9.99 Å². The molecule has 0 aliphatic rings. The van der Waals surface area contributed by atoms with E-state index in [1.54, 1.807) is 0 Å². The van der Waals surface area contributed by atoms with Crippen LogP contribution in [0.2, 0.25) is 0 Å². The van der Waals surface area contributed by atoms with E-state index in [1.165, 1.54) is 3.57 Å². The average Bonchev–Trinajstić information content (AvgIpc) is 1.93. The van der Waals surface area contributed by atoms with Gasteiger partial charge in [0.25, 0.3) is 0 Å². The zero-order valence-corrected chi connectivity index (χ0v) is 8.13. The highest BCUT2D eigenvalue weighted by Gasteiger charge is 1.98. The van der Waals surface area contributed by atoms with Crippen molar-refractivity contribution in [1.29, 1.82) is 5.41 Å². The van der Waals surface area contributed by atoms with Crippen LogP contribution in [0.5, 0.6) is 0 Å². The minimum atomic E-state index is 0.217. The van der Waals surface area contributed by atoms with Gasteiger partial charge in [0.1, 0.15) is 0 Å². The zero-order chi connectivity index (χ0) is 8.27. The number of benzene rings is 1. The predicted molar refractivity (Wildman–Crippen MR) is 54.8 cm³/mol. The van der Waals surface area contributed by atoms with Gasteiger partial charge in [-0.2, -0.15) is 0 Å². The Bertz CT molecular complexity index is 271. The number of halogens is 1. The van der Waals surface area contributed by atoms with Crippen molar-refractivity contribution in [2.75, 3.05) is 0 Å². The van der Waals surface area contributed by atoms with Crippen LogP contribution < -0.4 is 5.73 Å². The van der Waals surface area contributed by atoms with Crippen molar-refractivity contribution in [3.05, 3.63) is 33.4 Å². The summed E-state index contributed by atoms with van der Waals surface area (Å²) in [7, 11) is 0. The molecule has 1 aromatic rings. The molecule has 0 saturated carbocycles. The van der Waals surface area contributed by atoms with Gasteiger partial charge in [0.05, 0.1) is 5.84 Å². The van der Waals surface area contributed by atoms with Gasteiger partial charge in [-0.3, -0.25) is 5.41 Å². The van der Waals surface area contributed by atoms with E-state index in [9.17, 15) is 0 Å². The van der Waals surface area contributed by atoms with Crippen molar-refractivity contribution >= 4 is 28.4 Å². The number of nitrogens with two attached hydrogens (primary N) is 1. The second kappa shape index (κ2) is 3.71. The maximum Gasteiger partial charge on any atom is 0.0950 e. The van der Waals surface area contributed by atoms with Crippen molar-refractivity contribution in [2.45, 2.75) is 6.42 Å². The van der Waals surface area contributed by atoms with Crippen molar-refractivity contribution in [3.8, 4) is 0 Å². The van der Waals surface area contributed by atoms with Crippen molar-refractivity contribution in [1.82, 2.24) is 0 Å². The van der Waals surface area contributed by atoms with Gasteiger partial charge in [-0.1, -0.05) is 18.2 Å². The van der Waals surface area contributed by atoms with Crippen molar-refractivity contribution < 1.29 is 0 Å². The smallest absolute Gasteiger partial charge is 0.0950 e. The first-order chi connectivity index (χ1) is 5.20. The third-order valence-electron chi connectivity index (χ3n) is 1.34. The predicted octanol–water partition coefficient (Wildman–Crippen LogP) is 1.77. The molecule has 0 atom stereocenters. The van der Waals surface area contributed by atoms with E-state index in [0.29, 0.717) is 6.42 Å². The molecule has 58 valence electrons. The molecule has 11 heavy (non-hydrogen) atoms. The van der Waals surface area contributed by atoms with E-state index < -0.39 is 0 Å². The Morgan fingerprint density at radius 3 is 2.64 bits per heavy atom. The number of rotatable bonds is 2. The summed E-state index contributed by atoms with van der Waals surface area (Å²) >= 11 is 2.24. The lowest BCUT2D eigenvalue weighted by atomic mass is 10.1. The summed E-state index contributed by atoms with van der Waals surface area (Å²) in [6.45, 7) is 0. The Balaban J connectivity index is 2.86. The number of nitrogens with one attached hydrogen (secondary N) is 1. The lowest BCUT2D eigenvalue weighted by Crippen LogP contribution is -2.13. The highest BCUT2D eigenvalue weighted by molar-refractivity contribution is 14.1. The SMILES string of the molecule is N=C(N)Cc1ccccc1I. The van der Waals surface area contributed by atoms with Crippen molar-refractivity contribution in [3.63, 3.8) is 0 Å². The third kappa shape index (κ3) is 2.49. The minimum Gasteiger partial charge on any atom is -0.387 e. The monoisotopic (exact) mass is 260 g/mol. The van der Waals surface area contributed by atoms with E-state index in [1.807, 2.05) is 24.3 Å². The fourth-order valence-corrected chi connectivity index (χ4v) is 1.43. The van der Waals surface area contributed by atoms with Crippen LogP contribution in [0, 0.1) is 8.98 Å². The molecular formula is C8H9IN2. The molecule has 0 heterocycles. The van der Waals surface area contributed by atoms with Crippen LogP contribution in [0.1, 0.15) is 5.56 Å². The van der Waals surface area contributed by atoms with Crippen LogP contribution in [0.15, 0.2) is 24.3 Å². The maximum absolute atomic E-state index is 7.10.